The number of amides is 1. The van der Waals surface area contributed by atoms with E-state index in [4.69, 9.17) is 0 Å². The standard InChI is InChI=1S/C20H19F3N4OS/c1-27-17(15-7-2-3-8-16(15)26-27)18(28)25-19-24-11-14(29-19)10-12-5-4-6-13(9-12)20(21,22)23/h4-6,9,11H,2-3,7-8,10H2,1H3,(H,24,25,28). The highest BCUT2D eigenvalue weighted by Crippen LogP contribution is 2.31. The molecule has 2 heterocycles. The van der Waals surface area contributed by atoms with Gasteiger partial charge in [0.2, 0.25) is 0 Å². The molecule has 1 aliphatic carbocycles. The summed E-state index contributed by atoms with van der Waals surface area (Å²) in [5.41, 5.74) is 2.40. The number of aromatic nitrogens is 3. The van der Waals surface area contributed by atoms with Crippen LogP contribution in [0.15, 0.2) is 30.5 Å². The second-order valence-electron chi connectivity index (χ2n) is 7.07. The zero-order valence-electron chi connectivity index (χ0n) is 15.7. The average Bonchev–Trinajstić information content (AvgIpc) is 3.24. The molecule has 2 aromatic heterocycles. The lowest BCUT2D eigenvalue weighted by molar-refractivity contribution is -0.137. The third-order valence-corrected chi connectivity index (χ3v) is 5.85. The normalized spacial score (nSPS) is 13.9. The van der Waals surface area contributed by atoms with E-state index in [-0.39, 0.29) is 5.91 Å². The molecule has 152 valence electrons. The minimum Gasteiger partial charge on any atom is -0.296 e. The highest BCUT2D eigenvalue weighted by atomic mass is 32.1. The first-order valence-corrected chi connectivity index (χ1v) is 10.1. The lowest BCUT2D eigenvalue weighted by Gasteiger charge is -2.10. The molecule has 0 unspecified atom stereocenters. The smallest absolute Gasteiger partial charge is 0.296 e. The van der Waals surface area contributed by atoms with E-state index in [0.717, 1.165) is 54.0 Å². The molecule has 0 saturated carbocycles. The monoisotopic (exact) mass is 420 g/mol. The summed E-state index contributed by atoms with van der Waals surface area (Å²) >= 11 is 1.26. The van der Waals surface area contributed by atoms with Crippen LogP contribution in [0.3, 0.4) is 0 Å². The van der Waals surface area contributed by atoms with Crippen molar-refractivity contribution in [1.29, 1.82) is 0 Å². The molecule has 0 spiro atoms. The van der Waals surface area contributed by atoms with E-state index in [0.29, 0.717) is 22.8 Å². The van der Waals surface area contributed by atoms with Gasteiger partial charge >= 0.3 is 6.18 Å². The molecule has 0 atom stereocenters. The maximum absolute atomic E-state index is 12.9. The Hall–Kier alpha value is -2.68. The Morgan fingerprint density at radius 3 is 2.86 bits per heavy atom. The number of hydrogen-bond donors (Lipinski definition) is 1. The van der Waals surface area contributed by atoms with Gasteiger partial charge < -0.3 is 0 Å². The van der Waals surface area contributed by atoms with Gasteiger partial charge in [-0.1, -0.05) is 18.2 Å². The number of fused-ring (bicyclic) bond motifs is 1. The number of anilines is 1. The van der Waals surface area contributed by atoms with Crippen LogP contribution in [0.25, 0.3) is 0 Å². The van der Waals surface area contributed by atoms with Gasteiger partial charge in [-0.3, -0.25) is 14.8 Å². The molecule has 0 radical (unpaired) electrons. The van der Waals surface area contributed by atoms with Crippen LogP contribution < -0.4 is 5.32 Å². The maximum atomic E-state index is 12.9. The van der Waals surface area contributed by atoms with Crippen LogP contribution in [-0.4, -0.2) is 20.7 Å². The van der Waals surface area contributed by atoms with Crippen LogP contribution in [0.1, 0.15) is 50.6 Å². The molecule has 4 rings (SSSR count). The van der Waals surface area contributed by atoms with E-state index in [1.807, 2.05) is 0 Å². The topological polar surface area (TPSA) is 59.8 Å². The number of nitrogens with zero attached hydrogens (tertiary/aromatic N) is 3. The minimum absolute atomic E-state index is 0.261. The molecule has 3 aromatic rings. The van der Waals surface area contributed by atoms with Crippen molar-refractivity contribution in [3.05, 3.63) is 63.4 Å². The highest BCUT2D eigenvalue weighted by molar-refractivity contribution is 7.15. The van der Waals surface area contributed by atoms with Gasteiger partial charge in [-0.05, 0) is 37.3 Å². The number of benzene rings is 1. The van der Waals surface area contributed by atoms with Crippen molar-refractivity contribution in [1.82, 2.24) is 14.8 Å². The zero-order valence-corrected chi connectivity index (χ0v) is 16.5. The summed E-state index contributed by atoms with van der Waals surface area (Å²) in [6, 6.07) is 5.23. The first-order chi connectivity index (χ1) is 13.8. The number of carbonyl (C=O) groups excluding carboxylic acids is 1. The second kappa shape index (κ2) is 7.62. The van der Waals surface area contributed by atoms with Crippen molar-refractivity contribution in [2.75, 3.05) is 5.32 Å². The number of thiazole rings is 1. The van der Waals surface area contributed by atoms with Gasteiger partial charge in [0.1, 0.15) is 5.69 Å². The van der Waals surface area contributed by atoms with Crippen LogP contribution >= 0.6 is 11.3 Å². The third-order valence-electron chi connectivity index (χ3n) is 4.94. The first kappa shape index (κ1) is 19.6. The molecule has 29 heavy (non-hydrogen) atoms. The highest BCUT2D eigenvalue weighted by Gasteiger charge is 2.30. The summed E-state index contributed by atoms with van der Waals surface area (Å²) in [4.78, 5) is 17.7. The number of carbonyl (C=O) groups is 1. The fourth-order valence-electron chi connectivity index (χ4n) is 3.63. The van der Waals surface area contributed by atoms with Crippen molar-refractivity contribution in [3.8, 4) is 0 Å². The van der Waals surface area contributed by atoms with Crippen molar-refractivity contribution >= 4 is 22.4 Å². The summed E-state index contributed by atoms with van der Waals surface area (Å²) in [5, 5.41) is 7.67. The van der Waals surface area contributed by atoms with Crippen molar-refractivity contribution in [2.24, 2.45) is 7.05 Å². The summed E-state index contributed by atoms with van der Waals surface area (Å²) < 4.78 is 40.2. The van der Waals surface area contributed by atoms with Crippen LogP contribution in [0.4, 0.5) is 18.3 Å². The molecule has 1 N–H and O–H groups in total. The fraction of sp³-hybridized carbons (Fsp3) is 0.350. The van der Waals surface area contributed by atoms with Gasteiger partial charge in [-0.15, -0.1) is 11.3 Å². The number of alkyl halides is 3. The Labute approximate surface area is 169 Å². The Morgan fingerprint density at radius 1 is 1.28 bits per heavy atom. The first-order valence-electron chi connectivity index (χ1n) is 9.28. The molecule has 0 saturated heterocycles. The Bertz CT molecular complexity index is 1050. The van der Waals surface area contributed by atoms with Gasteiger partial charge in [0, 0.05) is 30.1 Å². The van der Waals surface area contributed by atoms with Gasteiger partial charge in [-0.2, -0.15) is 18.3 Å². The molecule has 0 aliphatic heterocycles. The molecular formula is C20H19F3N4OS. The van der Waals surface area contributed by atoms with E-state index in [9.17, 15) is 18.0 Å². The predicted octanol–water partition coefficient (Wildman–Crippen LogP) is 4.62. The zero-order chi connectivity index (χ0) is 20.6. The van der Waals surface area contributed by atoms with Crippen LogP contribution in [0.5, 0.6) is 0 Å². The third kappa shape index (κ3) is 4.19. The number of halogens is 3. The summed E-state index contributed by atoms with van der Waals surface area (Å²) in [6.45, 7) is 0. The van der Waals surface area contributed by atoms with E-state index < -0.39 is 11.7 Å². The lowest BCUT2D eigenvalue weighted by Crippen LogP contribution is -2.18. The van der Waals surface area contributed by atoms with Crippen molar-refractivity contribution in [2.45, 2.75) is 38.3 Å². The van der Waals surface area contributed by atoms with Gasteiger partial charge in [0.15, 0.2) is 5.13 Å². The largest absolute Gasteiger partial charge is 0.416 e. The molecule has 0 bridgehead atoms. The van der Waals surface area contributed by atoms with E-state index >= 15 is 0 Å². The molecule has 1 aromatic carbocycles. The molecule has 0 fully saturated rings. The Morgan fingerprint density at radius 2 is 2.07 bits per heavy atom. The Kier molecular flexibility index (Phi) is 5.16. The number of nitrogens with one attached hydrogen (secondary N) is 1. The minimum atomic E-state index is -4.37. The SMILES string of the molecule is Cn1nc2c(c1C(=O)Nc1ncc(Cc3cccc(C(F)(F)F)c3)s1)CCCC2. The van der Waals surface area contributed by atoms with E-state index in [2.05, 4.69) is 15.4 Å². The van der Waals surface area contributed by atoms with Crippen LogP contribution in [0.2, 0.25) is 0 Å². The quantitative estimate of drug-likeness (QED) is 0.670. The lowest BCUT2D eigenvalue weighted by atomic mass is 9.96. The fourth-order valence-corrected chi connectivity index (χ4v) is 4.47. The number of aryl methyl sites for hydroxylation is 2. The van der Waals surface area contributed by atoms with Crippen molar-refractivity contribution in [3.63, 3.8) is 0 Å². The maximum Gasteiger partial charge on any atom is 0.416 e. The molecule has 1 amide bonds. The predicted molar refractivity (Wildman–Crippen MR) is 104 cm³/mol. The van der Waals surface area contributed by atoms with Crippen LogP contribution in [-0.2, 0) is 32.5 Å². The van der Waals surface area contributed by atoms with E-state index in [1.54, 1.807) is 24.0 Å². The molecule has 1 aliphatic rings. The molecular weight excluding hydrogens is 401 g/mol. The van der Waals surface area contributed by atoms with Crippen molar-refractivity contribution < 1.29 is 18.0 Å². The number of rotatable bonds is 4. The van der Waals surface area contributed by atoms with E-state index in [1.165, 1.54) is 17.4 Å². The summed E-state index contributed by atoms with van der Waals surface area (Å²) in [5.74, 6) is -0.261. The average molecular weight is 420 g/mol. The molecule has 5 nitrogen and oxygen atoms in total. The second-order valence-corrected chi connectivity index (χ2v) is 8.18. The number of hydrogen-bond acceptors (Lipinski definition) is 4. The van der Waals surface area contributed by atoms with Gasteiger partial charge in [-0.25, -0.2) is 4.98 Å². The van der Waals surface area contributed by atoms with Crippen LogP contribution in [0, 0.1) is 0 Å². The van der Waals surface area contributed by atoms with Gasteiger partial charge in [0.05, 0.1) is 11.3 Å². The Balaban J connectivity index is 1.48. The molecule has 9 heteroatoms. The van der Waals surface area contributed by atoms with Gasteiger partial charge in [0.25, 0.3) is 5.91 Å². The summed E-state index contributed by atoms with van der Waals surface area (Å²) in [6.07, 6.45) is 1.37. The summed E-state index contributed by atoms with van der Waals surface area (Å²) in [7, 11) is 1.76.